The van der Waals surface area contributed by atoms with Crippen LogP contribution in [0.2, 0.25) is 0 Å². The number of amides is 1. The molecule has 0 spiro atoms. The maximum absolute atomic E-state index is 13.6. The molecule has 10 unspecified atom stereocenters. The van der Waals surface area contributed by atoms with Crippen LogP contribution in [0, 0.1) is 17.8 Å². The Morgan fingerprint density at radius 3 is 1.55 bits per heavy atom. The van der Waals surface area contributed by atoms with Crippen molar-refractivity contribution >= 4 is 23.6 Å². The van der Waals surface area contributed by atoms with Gasteiger partial charge in [-0.2, -0.15) is 0 Å². The second-order valence-electron chi connectivity index (χ2n) is 17.9. The number of esters is 2. The first-order valence-electron chi connectivity index (χ1n) is 23.8. The summed E-state index contributed by atoms with van der Waals surface area (Å²) < 4.78 is 24.1. The van der Waals surface area contributed by atoms with Crippen molar-refractivity contribution in [1.82, 2.24) is 5.32 Å². The molecule has 0 aromatic carbocycles. The summed E-state index contributed by atoms with van der Waals surface area (Å²) in [4.78, 5) is 53.6. The molecule has 60 heavy (non-hydrogen) atoms. The Morgan fingerprint density at radius 1 is 0.617 bits per heavy atom. The highest BCUT2D eigenvalue weighted by Gasteiger charge is 2.42. The lowest BCUT2D eigenvalue weighted by Gasteiger charge is -2.41. The van der Waals surface area contributed by atoms with Crippen molar-refractivity contribution < 1.29 is 58.6 Å². The zero-order chi connectivity index (χ0) is 44.9. The number of aliphatic hydroxyl groups is 4. The summed E-state index contributed by atoms with van der Waals surface area (Å²) in [5.41, 5.74) is 0. The van der Waals surface area contributed by atoms with Gasteiger partial charge < -0.3 is 44.7 Å². The van der Waals surface area contributed by atoms with Gasteiger partial charge in [-0.05, 0) is 51.4 Å². The molecule has 0 saturated carbocycles. The standard InChI is InChI=1S/C47H87NO12/c1-8-11-14-17-20-23-39(28-38(51)27-36(31-49)46(56)48-37(32-50)26-33(4)5)58-42(52)29-40(24-21-18-15-12-9-2)59-43(53)30-41(25-22-19-16-13-10-3)60-47-45(55)44(54)34(6)35(7)57-47/h33-37,39-41,44-45,47,49-50,54-55H,8-32H2,1-7H3,(H,48,56). The highest BCUT2D eigenvalue weighted by molar-refractivity contribution is 5.87. The van der Waals surface area contributed by atoms with E-state index in [-0.39, 0.29) is 56.0 Å². The molecule has 0 radical (unpaired) electrons. The molecule has 10 atom stereocenters. The van der Waals surface area contributed by atoms with E-state index in [1.165, 1.54) is 0 Å². The number of Topliss-reactive ketones (excluding diaryl/α,β-unsaturated/α-hetero) is 1. The van der Waals surface area contributed by atoms with E-state index in [1.807, 2.05) is 20.8 Å². The SMILES string of the molecule is CCCCCCCC(CC(=O)CC(CO)C(=O)NC(CO)CC(C)C)OC(=O)CC(CCCCCCC)OC(=O)CC(CCCCCCC)OC1OC(C)C(C)C(O)C1O. The molecule has 0 aromatic rings. The van der Waals surface area contributed by atoms with Crippen LogP contribution in [0.25, 0.3) is 0 Å². The Bertz CT molecular complexity index is 1150. The van der Waals surface area contributed by atoms with Gasteiger partial charge in [0.15, 0.2) is 6.29 Å². The molecule has 1 aliphatic rings. The van der Waals surface area contributed by atoms with Crippen molar-refractivity contribution in [3.63, 3.8) is 0 Å². The van der Waals surface area contributed by atoms with Crippen LogP contribution in [0.1, 0.15) is 196 Å². The molecule has 1 heterocycles. The van der Waals surface area contributed by atoms with E-state index >= 15 is 0 Å². The number of hydrogen-bond donors (Lipinski definition) is 5. The quantitative estimate of drug-likeness (QED) is 0.0305. The topological polar surface area (TPSA) is 198 Å². The Kier molecular flexibility index (Phi) is 31.1. The summed E-state index contributed by atoms with van der Waals surface area (Å²) in [6, 6.07) is -0.485. The molecule has 1 saturated heterocycles. The average molecular weight is 858 g/mol. The second kappa shape index (κ2) is 33.4. The Morgan fingerprint density at radius 2 is 1.08 bits per heavy atom. The molecule has 13 nitrogen and oxygen atoms in total. The van der Waals surface area contributed by atoms with Crippen LogP contribution < -0.4 is 5.32 Å². The fourth-order valence-electron chi connectivity index (χ4n) is 7.78. The lowest BCUT2D eigenvalue weighted by molar-refractivity contribution is -0.293. The van der Waals surface area contributed by atoms with Gasteiger partial charge in [0.1, 0.15) is 24.1 Å². The number of carbonyl (C=O) groups is 4. The maximum Gasteiger partial charge on any atom is 0.309 e. The first-order chi connectivity index (χ1) is 28.7. The van der Waals surface area contributed by atoms with Crippen molar-refractivity contribution in [3.8, 4) is 0 Å². The lowest BCUT2D eigenvalue weighted by Crippen LogP contribution is -2.54. The second-order valence-corrected chi connectivity index (χ2v) is 17.9. The van der Waals surface area contributed by atoms with Crippen molar-refractivity contribution in [1.29, 1.82) is 0 Å². The monoisotopic (exact) mass is 858 g/mol. The van der Waals surface area contributed by atoms with E-state index < -0.39 is 73.2 Å². The molecular weight excluding hydrogens is 771 g/mol. The Labute approximate surface area is 362 Å². The van der Waals surface area contributed by atoms with E-state index in [0.29, 0.717) is 25.7 Å². The minimum absolute atomic E-state index is 0.112. The molecule has 5 N–H and O–H groups in total. The number of ketones is 1. The third-order valence-corrected chi connectivity index (χ3v) is 11.7. The predicted octanol–water partition coefficient (Wildman–Crippen LogP) is 7.64. The van der Waals surface area contributed by atoms with Gasteiger partial charge in [-0.1, -0.05) is 125 Å². The smallest absolute Gasteiger partial charge is 0.309 e. The number of nitrogens with one attached hydrogen (secondary N) is 1. The number of aliphatic hydroxyl groups excluding tert-OH is 4. The number of hydrogen-bond acceptors (Lipinski definition) is 12. The summed E-state index contributed by atoms with van der Waals surface area (Å²) in [5, 5.41) is 43.9. The van der Waals surface area contributed by atoms with Gasteiger partial charge in [0, 0.05) is 18.8 Å². The molecule has 1 aliphatic heterocycles. The molecule has 352 valence electrons. The van der Waals surface area contributed by atoms with E-state index in [0.717, 1.165) is 96.3 Å². The fraction of sp³-hybridized carbons (Fsp3) is 0.915. The Hall–Kier alpha value is -2.16. The first kappa shape index (κ1) is 55.9. The van der Waals surface area contributed by atoms with Gasteiger partial charge in [-0.3, -0.25) is 19.2 Å². The molecule has 0 aromatic heterocycles. The zero-order valence-electron chi connectivity index (χ0n) is 38.6. The molecule has 13 heteroatoms. The van der Waals surface area contributed by atoms with Gasteiger partial charge in [-0.15, -0.1) is 0 Å². The maximum atomic E-state index is 13.6. The summed E-state index contributed by atoms with van der Waals surface area (Å²) in [5.74, 6) is -3.00. The minimum atomic E-state index is -1.27. The van der Waals surface area contributed by atoms with Crippen LogP contribution in [0.3, 0.4) is 0 Å². The van der Waals surface area contributed by atoms with Crippen molar-refractivity contribution in [2.24, 2.45) is 17.8 Å². The van der Waals surface area contributed by atoms with Crippen molar-refractivity contribution in [2.45, 2.75) is 245 Å². The molecule has 1 rings (SSSR count). The van der Waals surface area contributed by atoms with Gasteiger partial charge in [-0.25, -0.2) is 0 Å². The molecule has 1 amide bonds. The third-order valence-electron chi connectivity index (χ3n) is 11.7. The van der Waals surface area contributed by atoms with Gasteiger partial charge in [0.25, 0.3) is 0 Å². The summed E-state index contributed by atoms with van der Waals surface area (Å²) >= 11 is 0. The average Bonchev–Trinajstić information content (AvgIpc) is 3.19. The van der Waals surface area contributed by atoms with Gasteiger partial charge in [0.05, 0.1) is 56.3 Å². The van der Waals surface area contributed by atoms with E-state index in [1.54, 1.807) is 6.92 Å². The summed E-state index contributed by atoms with van der Waals surface area (Å²) in [7, 11) is 0. The highest BCUT2D eigenvalue weighted by Crippen LogP contribution is 2.29. The number of unbranched alkanes of at least 4 members (excludes halogenated alkanes) is 12. The van der Waals surface area contributed by atoms with Gasteiger partial charge in [0.2, 0.25) is 5.91 Å². The van der Waals surface area contributed by atoms with Crippen LogP contribution in [-0.4, -0.2) is 106 Å². The normalized spacial score (nSPS) is 21.8. The molecule has 1 fully saturated rings. The first-order valence-corrected chi connectivity index (χ1v) is 23.8. The van der Waals surface area contributed by atoms with Gasteiger partial charge >= 0.3 is 11.9 Å². The van der Waals surface area contributed by atoms with Crippen LogP contribution >= 0.6 is 0 Å². The van der Waals surface area contributed by atoms with Crippen LogP contribution in [0.5, 0.6) is 0 Å². The van der Waals surface area contributed by atoms with E-state index in [2.05, 4.69) is 26.1 Å². The lowest BCUT2D eigenvalue weighted by atomic mass is 9.91. The van der Waals surface area contributed by atoms with Crippen molar-refractivity contribution in [3.05, 3.63) is 0 Å². The summed E-state index contributed by atoms with van der Waals surface area (Å²) in [6.45, 7) is 13.2. The number of ether oxygens (including phenoxy) is 4. The number of rotatable bonds is 36. The van der Waals surface area contributed by atoms with Crippen LogP contribution in [0.4, 0.5) is 0 Å². The predicted molar refractivity (Wildman–Crippen MR) is 233 cm³/mol. The largest absolute Gasteiger partial charge is 0.462 e. The zero-order valence-corrected chi connectivity index (χ0v) is 38.6. The van der Waals surface area contributed by atoms with Crippen LogP contribution in [0.15, 0.2) is 0 Å². The third kappa shape index (κ3) is 24.5. The van der Waals surface area contributed by atoms with Crippen molar-refractivity contribution in [2.75, 3.05) is 13.2 Å². The molecule has 0 bridgehead atoms. The van der Waals surface area contributed by atoms with Crippen LogP contribution in [-0.2, 0) is 38.1 Å². The minimum Gasteiger partial charge on any atom is -0.462 e. The van der Waals surface area contributed by atoms with E-state index in [4.69, 9.17) is 18.9 Å². The summed E-state index contributed by atoms with van der Waals surface area (Å²) in [6.07, 6.45) is 10.1. The molecule has 0 aliphatic carbocycles. The highest BCUT2D eigenvalue weighted by atomic mass is 16.7. The van der Waals surface area contributed by atoms with E-state index in [9.17, 15) is 39.6 Å². The fourth-order valence-corrected chi connectivity index (χ4v) is 7.78. The molecular formula is C47H87NO12. The number of carbonyl (C=O) groups excluding carboxylic acids is 4. The Balaban J connectivity index is 3.11.